The topological polar surface area (TPSA) is 34.0 Å². The van der Waals surface area contributed by atoms with Crippen molar-refractivity contribution in [1.29, 1.82) is 0 Å². The van der Waals surface area contributed by atoms with Crippen molar-refractivity contribution < 1.29 is 4.79 Å². The fourth-order valence-corrected chi connectivity index (χ4v) is 3.18. The number of aromatic nitrogens is 1. The molecule has 0 bridgehead atoms. The first-order chi connectivity index (χ1) is 10.3. The van der Waals surface area contributed by atoms with Gasteiger partial charge in [-0.1, -0.05) is 33.4 Å². The summed E-state index contributed by atoms with van der Waals surface area (Å²) in [5, 5.41) is 4.12. The number of hydrogen-bond acceptors (Lipinski definition) is 1. The number of carbonyl (C=O) groups is 1. The first-order valence-electron chi connectivity index (χ1n) is 7.87. The number of piperidine rings is 1. The molecule has 22 heavy (non-hydrogen) atoms. The third kappa shape index (κ3) is 2.45. The monoisotopic (exact) mass is 296 g/mol. The number of amides is 1. The molecule has 1 fully saturated rings. The number of hydrogen-bond donors (Lipinski definition) is 1. The van der Waals surface area contributed by atoms with E-state index in [1.807, 2.05) is 0 Å². The molecule has 1 amide bonds. The van der Waals surface area contributed by atoms with Gasteiger partial charge in [-0.25, -0.2) is 0 Å². The number of allylic oxidation sites excluding steroid dienone is 1. The van der Waals surface area contributed by atoms with E-state index in [0.717, 1.165) is 24.1 Å². The third-order valence-corrected chi connectivity index (χ3v) is 4.56. The fraction of sp³-hybridized carbons (Fsp3) is 0.421. The maximum atomic E-state index is 12.3. The molecule has 1 atom stereocenters. The largest absolute Gasteiger partial charge is 0.335 e. The summed E-state index contributed by atoms with van der Waals surface area (Å²) < 4.78 is 2.12. The van der Waals surface area contributed by atoms with Crippen LogP contribution in [0.5, 0.6) is 0 Å². The molecular weight excluding hydrogens is 272 g/mol. The zero-order valence-electron chi connectivity index (χ0n) is 13.9. The van der Waals surface area contributed by atoms with Crippen molar-refractivity contribution in [2.75, 3.05) is 0 Å². The van der Waals surface area contributed by atoms with Crippen LogP contribution >= 0.6 is 0 Å². The Bertz CT molecular complexity index is 762. The van der Waals surface area contributed by atoms with E-state index in [9.17, 15) is 4.79 Å². The molecule has 0 radical (unpaired) electrons. The van der Waals surface area contributed by atoms with E-state index in [2.05, 4.69) is 68.6 Å². The molecule has 0 aliphatic carbocycles. The van der Waals surface area contributed by atoms with Crippen LogP contribution in [-0.4, -0.2) is 10.5 Å². The average molecular weight is 296 g/mol. The van der Waals surface area contributed by atoms with E-state index >= 15 is 0 Å². The van der Waals surface area contributed by atoms with Gasteiger partial charge in [-0.3, -0.25) is 4.79 Å². The zero-order chi connectivity index (χ0) is 16.1. The van der Waals surface area contributed by atoms with Crippen LogP contribution in [0.1, 0.15) is 50.8 Å². The van der Waals surface area contributed by atoms with Gasteiger partial charge in [0.1, 0.15) is 6.04 Å². The Morgan fingerprint density at radius 3 is 2.68 bits per heavy atom. The van der Waals surface area contributed by atoms with Crippen LogP contribution < -0.4 is 5.32 Å². The van der Waals surface area contributed by atoms with Crippen molar-refractivity contribution in [2.45, 2.75) is 52.0 Å². The molecule has 1 unspecified atom stereocenters. The highest BCUT2D eigenvalue weighted by atomic mass is 16.2. The fourth-order valence-electron chi connectivity index (χ4n) is 3.18. The summed E-state index contributed by atoms with van der Waals surface area (Å²) in [6, 6.07) is 6.46. The maximum absolute atomic E-state index is 12.3. The number of fused-ring (bicyclic) bond motifs is 1. The molecular formula is C19H24N2O. The number of carbonyl (C=O) groups excluding carboxylic acids is 1. The molecule has 3 nitrogen and oxygen atoms in total. The summed E-state index contributed by atoms with van der Waals surface area (Å²) in [4.78, 5) is 12.3. The van der Waals surface area contributed by atoms with Gasteiger partial charge in [0.25, 0.3) is 0 Å². The van der Waals surface area contributed by atoms with Crippen LogP contribution in [0.2, 0.25) is 0 Å². The Hall–Kier alpha value is -2.03. The molecule has 0 spiro atoms. The van der Waals surface area contributed by atoms with Gasteiger partial charge in [0, 0.05) is 22.8 Å². The number of nitrogens with one attached hydrogen (secondary N) is 1. The molecule has 1 aromatic heterocycles. The van der Waals surface area contributed by atoms with Crippen LogP contribution in [-0.2, 0) is 10.2 Å². The van der Waals surface area contributed by atoms with Gasteiger partial charge < -0.3 is 9.88 Å². The number of aryl methyl sites for hydroxylation is 1. The standard InChI is InChI=1S/C19H24N2O/c1-12-11-21(17-8-6-13(2)20-18(17)22)16-9-7-14(10-15(12)16)19(3,4)5/h7,9-11,17H,2,6,8H2,1,3-5H3,(H,20,22). The lowest BCUT2D eigenvalue weighted by atomic mass is 9.86. The maximum Gasteiger partial charge on any atom is 0.247 e. The second-order valence-corrected chi connectivity index (χ2v) is 7.35. The number of benzene rings is 1. The number of rotatable bonds is 1. The molecule has 1 saturated heterocycles. The minimum atomic E-state index is -0.137. The lowest BCUT2D eigenvalue weighted by molar-refractivity contribution is -0.124. The summed E-state index contributed by atoms with van der Waals surface area (Å²) in [5.74, 6) is 0.0491. The molecule has 1 aromatic carbocycles. The Balaban J connectivity index is 2.09. The van der Waals surface area contributed by atoms with Crippen LogP contribution in [0.15, 0.2) is 36.7 Å². The van der Waals surface area contributed by atoms with Crippen LogP contribution in [0.3, 0.4) is 0 Å². The molecule has 2 aromatic rings. The molecule has 1 N–H and O–H groups in total. The lowest BCUT2D eigenvalue weighted by Gasteiger charge is -2.25. The van der Waals surface area contributed by atoms with Gasteiger partial charge in [-0.15, -0.1) is 0 Å². The first-order valence-corrected chi connectivity index (χ1v) is 7.87. The van der Waals surface area contributed by atoms with E-state index in [0.29, 0.717) is 0 Å². The second kappa shape index (κ2) is 5.01. The van der Waals surface area contributed by atoms with Crippen molar-refractivity contribution in [2.24, 2.45) is 0 Å². The van der Waals surface area contributed by atoms with Crippen molar-refractivity contribution in [1.82, 2.24) is 9.88 Å². The Kier molecular flexibility index (Phi) is 3.39. The van der Waals surface area contributed by atoms with Crippen LogP contribution in [0, 0.1) is 6.92 Å². The SMILES string of the molecule is C=C1CCC(n2cc(C)c3cc(C(C)(C)C)ccc32)C(=O)N1. The summed E-state index contributed by atoms with van der Waals surface area (Å²) in [6.07, 6.45) is 3.76. The van der Waals surface area contributed by atoms with E-state index in [4.69, 9.17) is 0 Å². The molecule has 116 valence electrons. The van der Waals surface area contributed by atoms with Gasteiger partial charge >= 0.3 is 0 Å². The van der Waals surface area contributed by atoms with E-state index in [1.54, 1.807) is 0 Å². The van der Waals surface area contributed by atoms with Gasteiger partial charge in [0.2, 0.25) is 5.91 Å². The lowest BCUT2D eigenvalue weighted by Crippen LogP contribution is -2.35. The summed E-state index contributed by atoms with van der Waals surface area (Å²) in [6.45, 7) is 12.6. The average Bonchev–Trinajstić information content (AvgIpc) is 2.75. The van der Waals surface area contributed by atoms with Crippen molar-refractivity contribution in [3.05, 3.63) is 47.8 Å². The van der Waals surface area contributed by atoms with Crippen molar-refractivity contribution in [3.8, 4) is 0 Å². The zero-order valence-corrected chi connectivity index (χ0v) is 13.9. The molecule has 1 aliphatic rings. The quantitative estimate of drug-likeness (QED) is 0.840. The van der Waals surface area contributed by atoms with E-state index in [1.165, 1.54) is 16.5 Å². The van der Waals surface area contributed by atoms with Crippen LogP contribution in [0.25, 0.3) is 10.9 Å². The van der Waals surface area contributed by atoms with Crippen molar-refractivity contribution in [3.63, 3.8) is 0 Å². The number of nitrogens with zero attached hydrogens (tertiary/aromatic N) is 1. The molecule has 0 saturated carbocycles. The Morgan fingerprint density at radius 2 is 2.05 bits per heavy atom. The van der Waals surface area contributed by atoms with Gasteiger partial charge in [-0.05, 0) is 48.4 Å². The normalized spacial score (nSPS) is 19.5. The second-order valence-electron chi connectivity index (χ2n) is 7.35. The van der Waals surface area contributed by atoms with Gasteiger partial charge in [0.15, 0.2) is 0 Å². The van der Waals surface area contributed by atoms with E-state index in [-0.39, 0.29) is 17.4 Å². The molecule has 3 heteroatoms. The predicted octanol–water partition coefficient (Wildman–Crippen LogP) is 4.21. The van der Waals surface area contributed by atoms with Gasteiger partial charge in [-0.2, -0.15) is 0 Å². The highest BCUT2D eigenvalue weighted by Crippen LogP contribution is 2.32. The minimum absolute atomic E-state index is 0.0491. The van der Waals surface area contributed by atoms with Crippen LogP contribution in [0.4, 0.5) is 0 Å². The minimum Gasteiger partial charge on any atom is -0.335 e. The summed E-state index contributed by atoms with van der Waals surface area (Å²) in [5.41, 5.74) is 4.63. The van der Waals surface area contributed by atoms with Crippen molar-refractivity contribution >= 4 is 16.8 Å². The Morgan fingerprint density at radius 1 is 1.32 bits per heavy atom. The molecule has 2 heterocycles. The highest BCUT2D eigenvalue weighted by molar-refractivity contribution is 5.89. The molecule has 1 aliphatic heterocycles. The summed E-state index contributed by atoms with van der Waals surface area (Å²) >= 11 is 0. The highest BCUT2D eigenvalue weighted by Gasteiger charge is 2.27. The Labute approximate surface area is 132 Å². The molecule has 3 rings (SSSR count). The first kappa shape index (κ1) is 14.9. The smallest absolute Gasteiger partial charge is 0.247 e. The summed E-state index contributed by atoms with van der Waals surface area (Å²) in [7, 11) is 0. The predicted molar refractivity (Wildman–Crippen MR) is 90.9 cm³/mol. The van der Waals surface area contributed by atoms with E-state index < -0.39 is 0 Å². The van der Waals surface area contributed by atoms with Gasteiger partial charge in [0.05, 0.1) is 0 Å². The third-order valence-electron chi connectivity index (χ3n) is 4.56.